The number of ether oxygens (including phenoxy) is 3. The Morgan fingerprint density at radius 1 is 1.16 bits per heavy atom. The number of hydrogen-bond donors (Lipinski definition) is 2. The van der Waals surface area contributed by atoms with E-state index in [-0.39, 0.29) is 12.5 Å². The van der Waals surface area contributed by atoms with E-state index in [2.05, 4.69) is 27.2 Å². The maximum atomic E-state index is 11.7. The molecule has 3 aromatic rings. The van der Waals surface area contributed by atoms with E-state index in [1.807, 2.05) is 19.1 Å². The molecule has 0 saturated carbocycles. The molecule has 0 atom stereocenters. The van der Waals surface area contributed by atoms with Gasteiger partial charge in [-0.3, -0.25) is 4.79 Å². The Kier molecular flexibility index (Phi) is 7.51. The van der Waals surface area contributed by atoms with Gasteiger partial charge in [0.05, 0.1) is 43.0 Å². The van der Waals surface area contributed by atoms with Gasteiger partial charge < -0.3 is 24.8 Å². The maximum absolute atomic E-state index is 11.7. The zero-order valence-corrected chi connectivity index (χ0v) is 18.7. The monoisotopic (exact) mass is 454 g/mol. The predicted molar refractivity (Wildman–Crippen MR) is 124 cm³/mol. The Labute approximate surface area is 191 Å². The van der Waals surface area contributed by atoms with Gasteiger partial charge in [-0.1, -0.05) is 30.3 Å². The number of aromatic nitrogens is 2. The molecule has 0 radical (unpaired) electrons. The van der Waals surface area contributed by atoms with Gasteiger partial charge >= 0.3 is 0 Å². The zero-order chi connectivity index (χ0) is 23.1. The van der Waals surface area contributed by atoms with Crippen LogP contribution in [0.4, 0.5) is 17.3 Å². The van der Waals surface area contributed by atoms with Crippen LogP contribution in [-0.4, -0.2) is 30.1 Å². The summed E-state index contributed by atoms with van der Waals surface area (Å²) in [5.74, 6) is 1.60. The summed E-state index contributed by atoms with van der Waals surface area (Å²) < 4.78 is 16.3. The van der Waals surface area contributed by atoms with Gasteiger partial charge in [0.2, 0.25) is 11.9 Å². The summed E-state index contributed by atoms with van der Waals surface area (Å²) in [6.45, 7) is 5.56. The third-order valence-corrected chi connectivity index (χ3v) is 4.95. The first-order chi connectivity index (χ1) is 15.4. The molecule has 1 amide bonds. The number of para-hydroxylation sites is 1. The SMILES string of the molecule is C=CC(=O)Nc1cccc(C)c1Nc1ncc(OCc2cc(OC)cc(OC)c2Cl)cn1. The van der Waals surface area contributed by atoms with Crippen molar-refractivity contribution in [1.29, 1.82) is 0 Å². The summed E-state index contributed by atoms with van der Waals surface area (Å²) in [6, 6.07) is 9.01. The minimum atomic E-state index is -0.309. The van der Waals surface area contributed by atoms with Crippen molar-refractivity contribution in [3.05, 3.63) is 71.5 Å². The average Bonchev–Trinajstić information content (AvgIpc) is 2.81. The maximum Gasteiger partial charge on any atom is 0.247 e. The third-order valence-electron chi connectivity index (χ3n) is 4.52. The van der Waals surface area contributed by atoms with Crippen molar-refractivity contribution in [2.24, 2.45) is 0 Å². The highest BCUT2D eigenvalue weighted by atomic mass is 35.5. The molecule has 9 heteroatoms. The number of carbonyl (C=O) groups is 1. The molecule has 0 unspecified atom stereocenters. The van der Waals surface area contributed by atoms with Crippen LogP contribution in [0.25, 0.3) is 0 Å². The quantitative estimate of drug-likeness (QED) is 0.444. The van der Waals surface area contributed by atoms with Crippen LogP contribution in [0.15, 0.2) is 55.4 Å². The second-order valence-corrected chi connectivity index (χ2v) is 7.03. The summed E-state index contributed by atoms with van der Waals surface area (Å²) >= 11 is 6.36. The lowest BCUT2D eigenvalue weighted by Gasteiger charge is -2.14. The van der Waals surface area contributed by atoms with Crippen molar-refractivity contribution in [2.75, 3.05) is 24.9 Å². The Balaban J connectivity index is 1.72. The molecule has 0 fully saturated rings. The predicted octanol–water partition coefficient (Wildman–Crippen LogP) is 4.90. The molecule has 1 heterocycles. The molecule has 0 aliphatic carbocycles. The Morgan fingerprint density at radius 2 is 1.91 bits per heavy atom. The molecule has 2 N–H and O–H groups in total. The first-order valence-electron chi connectivity index (χ1n) is 9.60. The van der Waals surface area contributed by atoms with Crippen molar-refractivity contribution >= 4 is 34.8 Å². The number of anilines is 3. The molecule has 0 aliphatic heterocycles. The highest BCUT2D eigenvalue weighted by Crippen LogP contribution is 2.34. The van der Waals surface area contributed by atoms with Crippen molar-refractivity contribution in [1.82, 2.24) is 9.97 Å². The minimum absolute atomic E-state index is 0.179. The van der Waals surface area contributed by atoms with Crippen LogP contribution >= 0.6 is 11.6 Å². The molecule has 1 aromatic heterocycles. The molecule has 8 nitrogen and oxygen atoms in total. The van der Waals surface area contributed by atoms with Gasteiger partial charge in [0, 0.05) is 11.6 Å². The molecule has 32 heavy (non-hydrogen) atoms. The van der Waals surface area contributed by atoms with E-state index in [0.717, 1.165) is 5.56 Å². The number of halogens is 1. The van der Waals surface area contributed by atoms with E-state index in [1.165, 1.54) is 13.2 Å². The van der Waals surface area contributed by atoms with E-state index < -0.39 is 0 Å². The summed E-state index contributed by atoms with van der Waals surface area (Å²) in [5.41, 5.74) is 2.90. The largest absolute Gasteiger partial charge is 0.497 e. The minimum Gasteiger partial charge on any atom is -0.497 e. The number of benzene rings is 2. The topological polar surface area (TPSA) is 94.6 Å². The van der Waals surface area contributed by atoms with E-state index in [9.17, 15) is 4.79 Å². The normalized spacial score (nSPS) is 10.2. The standard InChI is InChI=1S/C23H23ClN4O4/c1-5-20(29)27-18-8-6-7-14(2)22(18)28-23-25-11-17(12-26-23)32-13-15-9-16(30-3)10-19(31-4)21(15)24/h5-12H,1,13H2,2-4H3,(H,27,29)(H,25,26,28). The van der Waals surface area contributed by atoms with Crippen LogP contribution in [0.3, 0.4) is 0 Å². The van der Waals surface area contributed by atoms with Crippen LogP contribution in [0.5, 0.6) is 17.2 Å². The fourth-order valence-corrected chi connectivity index (χ4v) is 3.09. The smallest absolute Gasteiger partial charge is 0.247 e. The molecule has 2 aromatic carbocycles. The van der Waals surface area contributed by atoms with Crippen LogP contribution < -0.4 is 24.8 Å². The molecule has 166 valence electrons. The molecule has 3 rings (SSSR count). The Morgan fingerprint density at radius 3 is 2.56 bits per heavy atom. The number of nitrogens with zero attached hydrogens (tertiary/aromatic N) is 2. The molecule has 0 spiro atoms. The van der Waals surface area contributed by atoms with Gasteiger partial charge in [-0.05, 0) is 30.7 Å². The summed E-state index contributed by atoms with van der Waals surface area (Å²) in [6.07, 6.45) is 4.29. The number of aryl methyl sites for hydroxylation is 1. The molecular weight excluding hydrogens is 432 g/mol. The molecule has 0 saturated heterocycles. The first kappa shape index (κ1) is 22.9. The first-order valence-corrected chi connectivity index (χ1v) is 9.98. The number of rotatable bonds is 9. The van der Waals surface area contributed by atoms with Crippen molar-refractivity contribution < 1.29 is 19.0 Å². The van der Waals surface area contributed by atoms with Gasteiger partial charge in [0.15, 0.2) is 5.75 Å². The number of amides is 1. The molecule has 0 bridgehead atoms. The summed E-state index contributed by atoms with van der Waals surface area (Å²) in [7, 11) is 3.10. The van der Waals surface area contributed by atoms with Crippen molar-refractivity contribution in [2.45, 2.75) is 13.5 Å². The average molecular weight is 455 g/mol. The van der Waals surface area contributed by atoms with Crippen molar-refractivity contribution in [3.63, 3.8) is 0 Å². The van der Waals surface area contributed by atoms with Crippen LogP contribution in [0, 0.1) is 6.92 Å². The number of hydrogen-bond acceptors (Lipinski definition) is 7. The van der Waals surface area contributed by atoms with Crippen molar-refractivity contribution in [3.8, 4) is 17.2 Å². The fraction of sp³-hybridized carbons (Fsp3) is 0.174. The lowest BCUT2D eigenvalue weighted by Crippen LogP contribution is -2.10. The lowest BCUT2D eigenvalue weighted by molar-refractivity contribution is -0.111. The van der Waals surface area contributed by atoms with Gasteiger partial charge in [0.25, 0.3) is 0 Å². The number of nitrogens with one attached hydrogen (secondary N) is 2. The Hall–Kier alpha value is -3.78. The van der Waals surface area contributed by atoms with Crippen LogP contribution in [-0.2, 0) is 11.4 Å². The van der Waals surface area contributed by atoms with E-state index in [1.54, 1.807) is 37.7 Å². The highest BCUT2D eigenvalue weighted by Gasteiger charge is 2.12. The summed E-state index contributed by atoms with van der Waals surface area (Å²) in [4.78, 5) is 20.3. The lowest BCUT2D eigenvalue weighted by atomic mass is 10.1. The van der Waals surface area contributed by atoms with Crippen LogP contribution in [0.1, 0.15) is 11.1 Å². The van der Waals surface area contributed by atoms with Crippen LogP contribution in [0.2, 0.25) is 5.02 Å². The van der Waals surface area contributed by atoms with E-state index in [0.29, 0.717) is 45.2 Å². The van der Waals surface area contributed by atoms with Gasteiger partial charge in [-0.2, -0.15) is 0 Å². The fourth-order valence-electron chi connectivity index (χ4n) is 2.85. The van der Waals surface area contributed by atoms with E-state index >= 15 is 0 Å². The highest BCUT2D eigenvalue weighted by molar-refractivity contribution is 6.32. The third kappa shape index (κ3) is 5.47. The van der Waals surface area contributed by atoms with Gasteiger partial charge in [-0.25, -0.2) is 9.97 Å². The number of methoxy groups -OCH3 is 2. The summed E-state index contributed by atoms with van der Waals surface area (Å²) in [5, 5.41) is 6.34. The molecular formula is C23H23ClN4O4. The zero-order valence-electron chi connectivity index (χ0n) is 17.9. The number of carbonyl (C=O) groups excluding carboxylic acids is 1. The van der Waals surface area contributed by atoms with E-state index in [4.69, 9.17) is 25.8 Å². The molecule has 0 aliphatic rings. The Bertz CT molecular complexity index is 1120. The second-order valence-electron chi connectivity index (χ2n) is 6.65. The second kappa shape index (κ2) is 10.5. The van der Waals surface area contributed by atoms with Gasteiger partial charge in [0.1, 0.15) is 18.1 Å². The van der Waals surface area contributed by atoms with Gasteiger partial charge in [-0.15, -0.1) is 0 Å².